The van der Waals surface area contributed by atoms with E-state index in [-0.39, 0.29) is 24.8 Å². The molecule has 5 nitrogen and oxygen atoms in total. The quantitative estimate of drug-likeness (QED) is 0.840. The van der Waals surface area contributed by atoms with Gasteiger partial charge in [-0.15, -0.1) is 0 Å². The van der Waals surface area contributed by atoms with Gasteiger partial charge in [-0.2, -0.15) is 0 Å². The minimum Gasteiger partial charge on any atom is -0.488 e. The van der Waals surface area contributed by atoms with Gasteiger partial charge in [0, 0.05) is 29.9 Å². The van der Waals surface area contributed by atoms with Crippen LogP contribution in [0, 0.1) is 16.4 Å². The normalized spacial score (nSPS) is 16.7. The van der Waals surface area contributed by atoms with Crippen LogP contribution in [0.25, 0.3) is 0 Å². The van der Waals surface area contributed by atoms with E-state index in [1.807, 2.05) is 0 Å². The highest BCUT2D eigenvalue weighted by molar-refractivity contribution is 7.71. The van der Waals surface area contributed by atoms with E-state index in [4.69, 9.17) is 22.1 Å². The first kappa shape index (κ1) is 15.7. The molecule has 122 valence electrons. The number of carboxylic acids is 1. The highest BCUT2D eigenvalue weighted by Crippen LogP contribution is 2.33. The van der Waals surface area contributed by atoms with Gasteiger partial charge in [0.2, 0.25) is 0 Å². The van der Waals surface area contributed by atoms with E-state index in [0.717, 1.165) is 11.8 Å². The lowest BCUT2D eigenvalue weighted by Gasteiger charge is -2.27. The van der Waals surface area contributed by atoms with Gasteiger partial charge in [-0.3, -0.25) is 4.79 Å². The summed E-state index contributed by atoms with van der Waals surface area (Å²) in [5.41, 5.74) is 1.16. The molecule has 2 aromatic rings. The maximum absolute atomic E-state index is 13.7. The molecule has 0 radical (unpaired) electrons. The molecule has 8 heteroatoms. The molecule has 2 N–H and O–H groups in total. The number of hydrogen-bond acceptors (Lipinski definition) is 3. The smallest absolute Gasteiger partial charge is 0.303 e. The predicted molar refractivity (Wildman–Crippen MR) is 80.2 cm³/mol. The van der Waals surface area contributed by atoms with Crippen molar-refractivity contribution in [1.29, 1.82) is 0 Å². The van der Waals surface area contributed by atoms with Gasteiger partial charge >= 0.3 is 5.97 Å². The number of ether oxygens (including phenoxy) is 1. The molecule has 2 heterocycles. The Balaban J connectivity index is 1.90. The Labute approximate surface area is 135 Å². The van der Waals surface area contributed by atoms with Crippen molar-refractivity contribution < 1.29 is 23.4 Å². The van der Waals surface area contributed by atoms with Gasteiger partial charge in [0.25, 0.3) is 0 Å². The molecule has 0 aliphatic carbocycles. The molecule has 1 aromatic heterocycles. The average molecular weight is 340 g/mol. The number of fused-ring (bicyclic) bond motifs is 1. The number of halogens is 2. The van der Waals surface area contributed by atoms with Crippen LogP contribution in [0.15, 0.2) is 18.3 Å². The summed E-state index contributed by atoms with van der Waals surface area (Å²) in [4.78, 5) is 13.6. The highest BCUT2D eigenvalue weighted by Gasteiger charge is 2.26. The lowest BCUT2D eigenvalue weighted by molar-refractivity contribution is -0.137. The summed E-state index contributed by atoms with van der Waals surface area (Å²) in [6, 6.07) is 1.79. The second-order valence-corrected chi connectivity index (χ2v) is 5.78. The molecular formula is C15H14F2N2O3S. The van der Waals surface area contributed by atoms with Crippen LogP contribution < -0.4 is 4.74 Å². The number of imidazole rings is 1. The van der Waals surface area contributed by atoms with Crippen molar-refractivity contribution in [1.82, 2.24) is 9.55 Å². The predicted octanol–water partition coefficient (Wildman–Crippen LogP) is 3.02. The van der Waals surface area contributed by atoms with Crippen LogP contribution in [-0.2, 0) is 17.6 Å². The summed E-state index contributed by atoms with van der Waals surface area (Å²) in [6.45, 7) is 0.182. The van der Waals surface area contributed by atoms with Gasteiger partial charge < -0.3 is 19.4 Å². The number of carboxylic acid groups (broad SMARTS) is 1. The lowest BCUT2D eigenvalue weighted by atomic mass is 10.0. The van der Waals surface area contributed by atoms with E-state index in [0.29, 0.717) is 23.2 Å². The first-order valence-corrected chi connectivity index (χ1v) is 7.48. The first-order chi connectivity index (χ1) is 11.0. The summed E-state index contributed by atoms with van der Waals surface area (Å²) < 4.78 is 34.7. The van der Waals surface area contributed by atoms with Crippen molar-refractivity contribution in [2.75, 3.05) is 6.61 Å². The zero-order valence-electron chi connectivity index (χ0n) is 12.0. The Morgan fingerprint density at radius 1 is 1.48 bits per heavy atom. The summed E-state index contributed by atoms with van der Waals surface area (Å²) in [5.74, 6) is -2.22. The summed E-state index contributed by atoms with van der Waals surface area (Å²) in [7, 11) is 0. The number of nitrogens with zero attached hydrogens (tertiary/aromatic N) is 1. The molecule has 0 saturated heterocycles. The van der Waals surface area contributed by atoms with Gasteiger partial charge in [-0.1, -0.05) is 0 Å². The van der Waals surface area contributed by atoms with Gasteiger partial charge in [-0.05, 0) is 24.7 Å². The number of rotatable bonds is 4. The van der Waals surface area contributed by atoms with Crippen LogP contribution in [0.5, 0.6) is 5.75 Å². The minimum absolute atomic E-state index is 0.0277. The number of nitrogens with one attached hydrogen (secondary N) is 1. The molecule has 0 amide bonds. The van der Waals surface area contributed by atoms with Crippen LogP contribution >= 0.6 is 12.2 Å². The molecule has 1 atom stereocenters. The van der Waals surface area contributed by atoms with E-state index in [2.05, 4.69) is 4.98 Å². The van der Waals surface area contributed by atoms with Crippen LogP contribution in [-0.4, -0.2) is 27.2 Å². The Morgan fingerprint density at radius 2 is 2.26 bits per heavy atom. The molecule has 0 fully saturated rings. The molecular weight excluding hydrogens is 326 g/mol. The lowest BCUT2D eigenvalue weighted by Crippen LogP contribution is -2.26. The largest absolute Gasteiger partial charge is 0.488 e. The van der Waals surface area contributed by atoms with Gasteiger partial charge in [0.1, 0.15) is 12.4 Å². The van der Waals surface area contributed by atoms with E-state index < -0.39 is 17.6 Å². The summed E-state index contributed by atoms with van der Waals surface area (Å²) >= 11 is 5.24. The maximum Gasteiger partial charge on any atom is 0.303 e. The molecule has 1 aliphatic heterocycles. The third-order valence-corrected chi connectivity index (χ3v) is 4.13. The fraction of sp³-hybridized carbons (Fsp3) is 0.333. The van der Waals surface area contributed by atoms with Crippen molar-refractivity contribution in [2.24, 2.45) is 0 Å². The zero-order valence-corrected chi connectivity index (χ0v) is 12.8. The van der Waals surface area contributed by atoms with Crippen molar-refractivity contribution in [2.45, 2.75) is 25.3 Å². The van der Waals surface area contributed by atoms with Crippen molar-refractivity contribution in [3.05, 3.63) is 46.0 Å². The van der Waals surface area contributed by atoms with E-state index in [1.165, 1.54) is 6.07 Å². The molecule has 23 heavy (non-hydrogen) atoms. The van der Waals surface area contributed by atoms with Crippen molar-refractivity contribution in [3.63, 3.8) is 0 Å². The zero-order chi connectivity index (χ0) is 16.6. The second-order valence-electron chi connectivity index (χ2n) is 5.39. The number of benzene rings is 1. The highest BCUT2D eigenvalue weighted by atomic mass is 32.1. The number of H-pyrrole nitrogens is 1. The van der Waals surface area contributed by atoms with Gasteiger partial charge in [0.15, 0.2) is 16.3 Å². The van der Waals surface area contributed by atoms with E-state index >= 15 is 0 Å². The molecule has 0 saturated carbocycles. The van der Waals surface area contributed by atoms with E-state index in [1.54, 1.807) is 10.8 Å². The van der Waals surface area contributed by atoms with Crippen LogP contribution in [0.2, 0.25) is 0 Å². The second kappa shape index (κ2) is 6.11. The minimum atomic E-state index is -0.905. The number of aromatic nitrogens is 2. The SMILES string of the molecule is O=C(O)CCc1c[nH]c(=S)n1C1COc2c(F)cc(F)cc2C1. The Kier molecular flexibility index (Phi) is 4.16. The van der Waals surface area contributed by atoms with Crippen LogP contribution in [0.3, 0.4) is 0 Å². The summed E-state index contributed by atoms with van der Waals surface area (Å²) in [5, 5.41) is 8.82. The monoisotopic (exact) mass is 340 g/mol. The summed E-state index contributed by atoms with van der Waals surface area (Å²) in [6.07, 6.45) is 2.30. The molecule has 1 unspecified atom stereocenters. The first-order valence-electron chi connectivity index (χ1n) is 7.07. The number of carbonyl (C=O) groups is 1. The Hall–Kier alpha value is -2.22. The van der Waals surface area contributed by atoms with Gasteiger partial charge in [-0.25, -0.2) is 8.78 Å². The molecule has 1 aliphatic rings. The number of aryl methyl sites for hydroxylation is 1. The topological polar surface area (TPSA) is 67.2 Å². The standard InChI is InChI=1S/C15H14F2N2O3S/c16-9-3-8-4-11(7-22-14(8)12(17)5-9)19-10(1-2-13(20)21)6-18-15(19)23/h3,5-6,11H,1-2,4,7H2,(H,18,23)(H,20,21). The Bertz CT molecular complexity index is 816. The molecule has 0 bridgehead atoms. The number of aliphatic carboxylic acids is 1. The molecule has 0 spiro atoms. The van der Waals surface area contributed by atoms with Crippen LogP contribution in [0.1, 0.15) is 23.7 Å². The van der Waals surface area contributed by atoms with Crippen molar-refractivity contribution >= 4 is 18.2 Å². The molecule has 3 rings (SSSR count). The van der Waals surface area contributed by atoms with Gasteiger partial charge in [0.05, 0.1) is 12.5 Å². The fourth-order valence-electron chi connectivity index (χ4n) is 2.83. The van der Waals surface area contributed by atoms with Crippen molar-refractivity contribution in [3.8, 4) is 5.75 Å². The third kappa shape index (κ3) is 3.12. The number of aromatic amines is 1. The number of hydrogen-bond donors (Lipinski definition) is 2. The average Bonchev–Trinajstić information content (AvgIpc) is 2.85. The van der Waals surface area contributed by atoms with Crippen LogP contribution in [0.4, 0.5) is 8.78 Å². The van der Waals surface area contributed by atoms with E-state index in [9.17, 15) is 13.6 Å². The maximum atomic E-state index is 13.7. The molecule has 1 aromatic carbocycles. The fourth-order valence-corrected chi connectivity index (χ4v) is 3.15. The Morgan fingerprint density at radius 3 is 3.00 bits per heavy atom. The third-order valence-electron chi connectivity index (χ3n) is 3.81.